The van der Waals surface area contributed by atoms with Gasteiger partial charge in [-0.1, -0.05) is 6.07 Å². The van der Waals surface area contributed by atoms with Gasteiger partial charge in [-0.05, 0) is 64.3 Å². The molecule has 126 valence electrons. The Balaban J connectivity index is 2.19. The zero-order valence-corrected chi connectivity index (χ0v) is 14.5. The van der Waals surface area contributed by atoms with Gasteiger partial charge in [-0.15, -0.1) is 0 Å². The number of carbonyl (C=O) groups is 2. The molecule has 23 heavy (non-hydrogen) atoms. The van der Waals surface area contributed by atoms with Gasteiger partial charge in [0.2, 0.25) is 0 Å². The predicted molar refractivity (Wildman–Crippen MR) is 87.5 cm³/mol. The van der Waals surface area contributed by atoms with Crippen LogP contribution >= 0.6 is 0 Å². The van der Waals surface area contributed by atoms with Crippen molar-refractivity contribution in [1.29, 1.82) is 0 Å². The van der Waals surface area contributed by atoms with Crippen molar-refractivity contribution in [1.82, 2.24) is 4.90 Å². The highest BCUT2D eigenvalue weighted by atomic mass is 16.6. The van der Waals surface area contributed by atoms with Gasteiger partial charge in [0.25, 0.3) is 0 Å². The number of hydrogen-bond donors (Lipinski definition) is 0. The average molecular weight is 319 g/mol. The zero-order chi connectivity index (χ0) is 17.2. The van der Waals surface area contributed by atoms with Crippen LogP contribution < -0.4 is 0 Å². The van der Waals surface area contributed by atoms with Crippen molar-refractivity contribution in [2.75, 3.05) is 13.2 Å². The van der Waals surface area contributed by atoms with Crippen LogP contribution in [0.5, 0.6) is 0 Å². The Morgan fingerprint density at radius 3 is 2.61 bits per heavy atom. The third kappa shape index (κ3) is 4.03. The fourth-order valence-corrected chi connectivity index (χ4v) is 2.74. The van der Waals surface area contributed by atoms with Crippen molar-refractivity contribution >= 4 is 12.1 Å². The molecular formula is C18H25NO4. The fraction of sp³-hybridized carbons (Fsp3) is 0.556. The second-order valence-electron chi connectivity index (χ2n) is 6.73. The van der Waals surface area contributed by atoms with Crippen LogP contribution in [0.2, 0.25) is 0 Å². The molecule has 0 radical (unpaired) electrons. The van der Waals surface area contributed by atoms with E-state index in [2.05, 4.69) is 0 Å². The molecule has 0 saturated carbocycles. The average Bonchev–Trinajstić information content (AvgIpc) is 2.45. The molecule has 0 fully saturated rings. The molecule has 1 aromatic carbocycles. The van der Waals surface area contributed by atoms with Gasteiger partial charge >= 0.3 is 12.1 Å². The largest absolute Gasteiger partial charge is 0.462 e. The molecule has 0 aromatic heterocycles. The first-order chi connectivity index (χ1) is 10.7. The van der Waals surface area contributed by atoms with Crippen LogP contribution in [-0.2, 0) is 15.9 Å². The van der Waals surface area contributed by atoms with Gasteiger partial charge in [0, 0.05) is 6.54 Å². The van der Waals surface area contributed by atoms with E-state index < -0.39 is 5.60 Å². The Labute approximate surface area is 137 Å². The van der Waals surface area contributed by atoms with E-state index in [1.165, 1.54) is 0 Å². The van der Waals surface area contributed by atoms with Gasteiger partial charge in [0.05, 0.1) is 18.2 Å². The first-order valence-electron chi connectivity index (χ1n) is 8.02. The van der Waals surface area contributed by atoms with E-state index in [0.29, 0.717) is 25.1 Å². The molecule has 0 N–H and O–H groups in total. The van der Waals surface area contributed by atoms with Crippen LogP contribution in [0.4, 0.5) is 4.79 Å². The Morgan fingerprint density at radius 2 is 2.00 bits per heavy atom. The highest BCUT2D eigenvalue weighted by Crippen LogP contribution is 2.31. The molecule has 1 atom stereocenters. The molecule has 1 aromatic rings. The summed E-state index contributed by atoms with van der Waals surface area (Å²) in [6.45, 7) is 10.3. The minimum Gasteiger partial charge on any atom is -0.462 e. The van der Waals surface area contributed by atoms with Crippen LogP contribution in [0.25, 0.3) is 0 Å². The van der Waals surface area contributed by atoms with Crippen molar-refractivity contribution in [3.8, 4) is 0 Å². The number of nitrogens with zero attached hydrogens (tertiary/aromatic N) is 1. The second-order valence-corrected chi connectivity index (χ2v) is 6.73. The van der Waals surface area contributed by atoms with Crippen molar-refractivity contribution in [3.05, 3.63) is 34.9 Å². The number of hydrogen-bond acceptors (Lipinski definition) is 4. The van der Waals surface area contributed by atoms with Crippen molar-refractivity contribution in [3.63, 3.8) is 0 Å². The Kier molecular flexibility index (Phi) is 4.97. The zero-order valence-electron chi connectivity index (χ0n) is 14.5. The summed E-state index contributed by atoms with van der Waals surface area (Å²) in [4.78, 5) is 25.9. The number of ether oxygens (including phenoxy) is 2. The van der Waals surface area contributed by atoms with Gasteiger partial charge in [0.15, 0.2) is 0 Å². The molecule has 1 amide bonds. The predicted octanol–water partition coefficient (Wildman–Crippen LogP) is 3.72. The molecule has 5 nitrogen and oxygen atoms in total. The molecule has 1 heterocycles. The molecule has 0 bridgehead atoms. The van der Waals surface area contributed by atoms with Crippen molar-refractivity contribution in [2.24, 2.45) is 0 Å². The lowest BCUT2D eigenvalue weighted by molar-refractivity contribution is 0.0159. The Bertz CT molecular complexity index is 604. The standard InChI is InChI=1S/C18H25NO4/c1-6-22-16(20)14-7-8-15-12(2)19(10-9-13(15)11-14)17(21)23-18(3,4)5/h7-8,11-12H,6,9-10H2,1-5H3. The number of amides is 1. The maximum atomic E-state index is 12.3. The lowest BCUT2D eigenvalue weighted by Crippen LogP contribution is -2.42. The summed E-state index contributed by atoms with van der Waals surface area (Å²) in [6, 6.07) is 5.45. The summed E-state index contributed by atoms with van der Waals surface area (Å²) in [7, 11) is 0. The molecule has 1 aliphatic rings. The number of rotatable bonds is 2. The minimum atomic E-state index is -0.509. The van der Waals surface area contributed by atoms with Crippen molar-refractivity contribution < 1.29 is 19.1 Å². The minimum absolute atomic E-state index is 0.0788. The van der Waals surface area contributed by atoms with E-state index in [9.17, 15) is 9.59 Å². The molecule has 0 saturated heterocycles. The lowest BCUT2D eigenvalue weighted by Gasteiger charge is -2.36. The van der Waals surface area contributed by atoms with Crippen LogP contribution in [0, 0.1) is 0 Å². The summed E-state index contributed by atoms with van der Waals surface area (Å²) < 4.78 is 10.5. The molecule has 2 rings (SSSR count). The Morgan fingerprint density at radius 1 is 1.30 bits per heavy atom. The highest BCUT2D eigenvalue weighted by Gasteiger charge is 2.31. The van der Waals surface area contributed by atoms with Crippen molar-refractivity contribution in [2.45, 2.75) is 52.7 Å². The van der Waals surface area contributed by atoms with E-state index in [4.69, 9.17) is 9.47 Å². The number of esters is 1. The topological polar surface area (TPSA) is 55.8 Å². The van der Waals surface area contributed by atoms with Crippen LogP contribution in [0.3, 0.4) is 0 Å². The second kappa shape index (κ2) is 6.60. The van der Waals surface area contributed by atoms with E-state index in [0.717, 1.165) is 11.1 Å². The quantitative estimate of drug-likeness (QED) is 0.780. The maximum absolute atomic E-state index is 12.3. The van der Waals surface area contributed by atoms with Gasteiger partial charge in [-0.2, -0.15) is 0 Å². The fourth-order valence-electron chi connectivity index (χ4n) is 2.74. The molecule has 0 spiro atoms. The molecule has 1 aliphatic heterocycles. The van der Waals surface area contributed by atoms with E-state index in [1.54, 1.807) is 17.9 Å². The van der Waals surface area contributed by atoms with E-state index in [1.807, 2.05) is 39.8 Å². The highest BCUT2D eigenvalue weighted by molar-refractivity contribution is 5.89. The normalized spacial score (nSPS) is 17.4. The SMILES string of the molecule is CCOC(=O)c1ccc2c(c1)CCN(C(=O)OC(C)(C)C)C2C. The molecule has 0 aliphatic carbocycles. The number of fused-ring (bicyclic) bond motifs is 1. The van der Waals surface area contributed by atoms with Gasteiger partial charge in [-0.25, -0.2) is 9.59 Å². The molecular weight excluding hydrogens is 294 g/mol. The summed E-state index contributed by atoms with van der Waals surface area (Å²) in [5, 5.41) is 0. The molecule has 1 unspecified atom stereocenters. The van der Waals surface area contributed by atoms with E-state index >= 15 is 0 Å². The monoisotopic (exact) mass is 319 g/mol. The number of benzene rings is 1. The summed E-state index contributed by atoms with van der Waals surface area (Å²) in [5.74, 6) is -0.308. The van der Waals surface area contributed by atoms with Crippen LogP contribution in [0.1, 0.15) is 62.1 Å². The van der Waals surface area contributed by atoms with E-state index in [-0.39, 0.29) is 18.1 Å². The first kappa shape index (κ1) is 17.3. The summed E-state index contributed by atoms with van der Waals surface area (Å²) >= 11 is 0. The van der Waals surface area contributed by atoms with Gasteiger partial charge in [0.1, 0.15) is 5.60 Å². The smallest absolute Gasteiger partial charge is 0.410 e. The maximum Gasteiger partial charge on any atom is 0.410 e. The third-order valence-corrected chi connectivity index (χ3v) is 3.82. The molecule has 5 heteroatoms. The van der Waals surface area contributed by atoms with Crippen LogP contribution in [0.15, 0.2) is 18.2 Å². The summed E-state index contributed by atoms with van der Waals surface area (Å²) in [6.07, 6.45) is 0.400. The summed E-state index contributed by atoms with van der Waals surface area (Å²) in [5.41, 5.74) is 2.19. The van der Waals surface area contributed by atoms with Gasteiger partial charge in [-0.3, -0.25) is 0 Å². The Hall–Kier alpha value is -2.04. The first-order valence-corrected chi connectivity index (χ1v) is 8.02. The van der Waals surface area contributed by atoms with Gasteiger partial charge < -0.3 is 14.4 Å². The number of carbonyl (C=O) groups excluding carboxylic acids is 2. The van der Waals surface area contributed by atoms with Crippen LogP contribution in [-0.4, -0.2) is 35.7 Å². The third-order valence-electron chi connectivity index (χ3n) is 3.82. The lowest BCUT2D eigenvalue weighted by atomic mass is 9.92.